The number of fused-ring (bicyclic) bond motifs is 1. The molecular formula is C21H15FN2OS. The highest BCUT2D eigenvalue weighted by atomic mass is 32.1. The fourth-order valence-electron chi connectivity index (χ4n) is 2.83. The standard InChI is InChI=1S/C21H15FN2OS/c1-13-14(21-24-18-10-4-5-12-19(18)26-21)8-6-11-17(13)23-20(25)15-7-2-3-9-16(15)22/h2-12H,1H3,(H,23,25). The second-order valence-electron chi connectivity index (χ2n) is 5.90. The molecule has 0 unspecified atom stereocenters. The molecule has 4 aromatic rings. The lowest BCUT2D eigenvalue weighted by atomic mass is 10.1. The zero-order valence-electron chi connectivity index (χ0n) is 14.0. The molecule has 5 heteroatoms. The van der Waals surface area contributed by atoms with Gasteiger partial charge in [-0.25, -0.2) is 9.37 Å². The van der Waals surface area contributed by atoms with Crippen molar-refractivity contribution >= 4 is 33.1 Å². The molecule has 0 atom stereocenters. The number of anilines is 1. The van der Waals surface area contributed by atoms with Crippen LogP contribution in [0.1, 0.15) is 15.9 Å². The first-order chi connectivity index (χ1) is 12.6. The van der Waals surface area contributed by atoms with Gasteiger partial charge in [-0.05, 0) is 42.8 Å². The van der Waals surface area contributed by atoms with Gasteiger partial charge in [-0.1, -0.05) is 36.4 Å². The topological polar surface area (TPSA) is 42.0 Å². The van der Waals surface area contributed by atoms with E-state index >= 15 is 0 Å². The summed E-state index contributed by atoms with van der Waals surface area (Å²) in [5.74, 6) is -1.00. The Labute approximate surface area is 154 Å². The van der Waals surface area contributed by atoms with Gasteiger partial charge >= 0.3 is 0 Å². The van der Waals surface area contributed by atoms with Crippen molar-refractivity contribution in [2.45, 2.75) is 6.92 Å². The van der Waals surface area contributed by atoms with Crippen LogP contribution in [0, 0.1) is 12.7 Å². The minimum Gasteiger partial charge on any atom is -0.322 e. The molecule has 1 amide bonds. The summed E-state index contributed by atoms with van der Waals surface area (Å²) >= 11 is 1.61. The van der Waals surface area contributed by atoms with E-state index in [0.29, 0.717) is 5.69 Å². The molecule has 1 N–H and O–H groups in total. The molecule has 0 saturated carbocycles. The molecule has 0 aliphatic rings. The Hall–Kier alpha value is -3.05. The van der Waals surface area contributed by atoms with Crippen molar-refractivity contribution in [1.82, 2.24) is 4.98 Å². The first-order valence-electron chi connectivity index (χ1n) is 8.15. The minimum atomic E-state index is -0.537. The molecule has 0 fully saturated rings. The highest BCUT2D eigenvalue weighted by molar-refractivity contribution is 7.21. The lowest BCUT2D eigenvalue weighted by molar-refractivity contribution is 0.102. The Bertz CT molecular complexity index is 1090. The first-order valence-corrected chi connectivity index (χ1v) is 8.96. The van der Waals surface area contributed by atoms with Crippen LogP contribution >= 0.6 is 11.3 Å². The molecule has 1 heterocycles. The second kappa shape index (κ2) is 6.69. The monoisotopic (exact) mass is 362 g/mol. The zero-order chi connectivity index (χ0) is 18.1. The molecule has 0 aliphatic carbocycles. The van der Waals surface area contributed by atoms with Gasteiger partial charge in [0, 0.05) is 11.3 Å². The number of para-hydroxylation sites is 1. The van der Waals surface area contributed by atoms with Gasteiger partial charge in [0.25, 0.3) is 5.91 Å². The largest absolute Gasteiger partial charge is 0.322 e. The van der Waals surface area contributed by atoms with E-state index in [4.69, 9.17) is 0 Å². The van der Waals surface area contributed by atoms with Crippen LogP contribution in [-0.4, -0.2) is 10.9 Å². The Kier molecular flexibility index (Phi) is 4.22. The van der Waals surface area contributed by atoms with Crippen LogP contribution in [-0.2, 0) is 0 Å². The molecule has 3 nitrogen and oxygen atoms in total. The number of amides is 1. The van der Waals surface area contributed by atoms with Gasteiger partial charge in [0.1, 0.15) is 10.8 Å². The molecule has 3 aromatic carbocycles. The van der Waals surface area contributed by atoms with Crippen molar-refractivity contribution < 1.29 is 9.18 Å². The van der Waals surface area contributed by atoms with Crippen LogP contribution in [0.4, 0.5) is 10.1 Å². The van der Waals surface area contributed by atoms with Gasteiger partial charge in [0.05, 0.1) is 15.8 Å². The third kappa shape index (κ3) is 2.97. The van der Waals surface area contributed by atoms with Crippen LogP contribution in [0.15, 0.2) is 66.7 Å². The average Bonchev–Trinajstić information content (AvgIpc) is 3.07. The van der Waals surface area contributed by atoms with Crippen molar-refractivity contribution in [3.63, 3.8) is 0 Å². The maximum Gasteiger partial charge on any atom is 0.258 e. The molecule has 128 valence electrons. The smallest absolute Gasteiger partial charge is 0.258 e. The van der Waals surface area contributed by atoms with Crippen molar-refractivity contribution in [1.29, 1.82) is 0 Å². The van der Waals surface area contributed by atoms with Gasteiger partial charge in [-0.15, -0.1) is 11.3 Å². The summed E-state index contributed by atoms with van der Waals surface area (Å²) in [6.07, 6.45) is 0. The number of halogens is 1. The maximum atomic E-state index is 13.8. The maximum absolute atomic E-state index is 13.8. The summed E-state index contributed by atoms with van der Waals surface area (Å²) in [5.41, 5.74) is 3.48. The molecule has 26 heavy (non-hydrogen) atoms. The minimum absolute atomic E-state index is 0.0253. The van der Waals surface area contributed by atoms with Crippen LogP contribution in [0.3, 0.4) is 0 Å². The molecular weight excluding hydrogens is 347 g/mol. The number of rotatable bonds is 3. The van der Waals surface area contributed by atoms with Crippen molar-refractivity contribution in [3.05, 3.63) is 83.7 Å². The van der Waals surface area contributed by atoms with E-state index in [2.05, 4.69) is 10.3 Å². The van der Waals surface area contributed by atoms with Crippen molar-refractivity contribution in [2.24, 2.45) is 0 Å². The molecule has 0 bridgehead atoms. The summed E-state index contributed by atoms with van der Waals surface area (Å²) in [6.45, 7) is 1.93. The summed E-state index contributed by atoms with van der Waals surface area (Å²) in [6, 6.07) is 19.6. The molecule has 0 aliphatic heterocycles. The third-order valence-corrected chi connectivity index (χ3v) is 5.29. The van der Waals surface area contributed by atoms with E-state index in [9.17, 15) is 9.18 Å². The van der Waals surface area contributed by atoms with Gasteiger partial charge in [-0.3, -0.25) is 4.79 Å². The van der Waals surface area contributed by atoms with Crippen LogP contribution in [0.5, 0.6) is 0 Å². The summed E-state index contributed by atoms with van der Waals surface area (Å²) in [4.78, 5) is 17.1. The number of carbonyl (C=O) groups is 1. The van der Waals surface area contributed by atoms with Gasteiger partial charge in [0.2, 0.25) is 0 Å². The van der Waals surface area contributed by atoms with Gasteiger partial charge < -0.3 is 5.32 Å². The number of aromatic nitrogens is 1. The Morgan fingerprint density at radius 2 is 1.77 bits per heavy atom. The lowest BCUT2D eigenvalue weighted by Crippen LogP contribution is -2.14. The zero-order valence-corrected chi connectivity index (χ0v) is 14.8. The number of carbonyl (C=O) groups excluding carboxylic acids is 1. The Morgan fingerprint density at radius 3 is 2.58 bits per heavy atom. The first kappa shape index (κ1) is 16.4. The molecule has 0 radical (unpaired) electrons. The van der Waals surface area contributed by atoms with E-state index in [0.717, 1.165) is 26.4 Å². The summed E-state index contributed by atoms with van der Waals surface area (Å²) in [7, 11) is 0. The number of thiazole rings is 1. The van der Waals surface area contributed by atoms with Crippen molar-refractivity contribution in [3.8, 4) is 10.6 Å². The van der Waals surface area contributed by atoms with Gasteiger partial charge in [-0.2, -0.15) is 0 Å². The number of hydrogen-bond acceptors (Lipinski definition) is 3. The summed E-state index contributed by atoms with van der Waals surface area (Å²) in [5, 5.41) is 3.70. The molecule has 1 aromatic heterocycles. The predicted molar refractivity (Wildman–Crippen MR) is 104 cm³/mol. The van der Waals surface area contributed by atoms with Crippen LogP contribution in [0.2, 0.25) is 0 Å². The van der Waals surface area contributed by atoms with E-state index in [1.165, 1.54) is 12.1 Å². The lowest BCUT2D eigenvalue weighted by Gasteiger charge is -2.11. The Morgan fingerprint density at radius 1 is 1.00 bits per heavy atom. The summed E-state index contributed by atoms with van der Waals surface area (Å²) < 4.78 is 15.0. The van der Waals surface area contributed by atoms with Crippen molar-refractivity contribution in [2.75, 3.05) is 5.32 Å². The average molecular weight is 362 g/mol. The van der Waals surface area contributed by atoms with Gasteiger partial charge in [0.15, 0.2) is 0 Å². The fraction of sp³-hybridized carbons (Fsp3) is 0.0476. The third-order valence-electron chi connectivity index (χ3n) is 4.22. The number of benzene rings is 3. The van der Waals surface area contributed by atoms with Crippen LogP contribution < -0.4 is 5.32 Å². The van der Waals surface area contributed by atoms with E-state index in [1.807, 2.05) is 49.4 Å². The quantitative estimate of drug-likeness (QED) is 0.511. The fourth-order valence-corrected chi connectivity index (χ4v) is 3.87. The van der Waals surface area contributed by atoms with E-state index < -0.39 is 11.7 Å². The highest BCUT2D eigenvalue weighted by Gasteiger charge is 2.15. The second-order valence-corrected chi connectivity index (χ2v) is 6.93. The number of nitrogens with zero attached hydrogens (tertiary/aromatic N) is 1. The predicted octanol–water partition coefficient (Wildman–Crippen LogP) is 5.66. The molecule has 0 spiro atoms. The number of nitrogens with one attached hydrogen (secondary N) is 1. The highest BCUT2D eigenvalue weighted by Crippen LogP contribution is 2.34. The van der Waals surface area contributed by atoms with E-state index in [-0.39, 0.29) is 5.56 Å². The molecule has 4 rings (SSSR count). The normalized spacial score (nSPS) is 10.8. The van der Waals surface area contributed by atoms with E-state index in [1.54, 1.807) is 23.5 Å². The Balaban J connectivity index is 1.70. The van der Waals surface area contributed by atoms with Crippen LogP contribution in [0.25, 0.3) is 20.8 Å². The number of hydrogen-bond donors (Lipinski definition) is 1. The molecule has 0 saturated heterocycles. The SMILES string of the molecule is Cc1c(NC(=O)c2ccccc2F)cccc1-c1nc2ccccc2s1.